The van der Waals surface area contributed by atoms with Gasteiger partial charge in [-0.15, -0.1) is 0 Å². The highest BCUT2D eigenvalue weighted by Crippen LogP contribution is 2.23. The van der Waals surface area contributed by atoms with Gasteiger partial charge in [0.15, 0.2) is 5.82 Å². The van der Waals surface area contributed by atoms with Gasteiger partial charge < -0.3 is 14.5 Å². The molecule has 0 aliphatic heterocycles. The second-order valence-corrected chi connectivity index (χ2v) is 4.17. The van der Waals surface area contributed by atoms with E-state index in [4.69, 9.17) is 4.42 Å². The van der Waals surface area contributed by atoms with Gasteiger partial charge >= 0.3 is 5.97 Å². The maximum Gasteiger partial charge on any atom is 0.374 e. The summed E-state index contributed by atoms with van der Waals surface area (Å²) in [6.45, 7) is 1.58. The van der Waals surface area contributed by atoms with Crippen LogP contribution in [0.2, 0.25) is 0 Å². The molecule has 0 unspecified atom stereocenters. The Balaban J connectivity index is 2.20. The van der Waals surface area contributed by atoms with Gasteiger partial charge in [-0.2, -0.15) is 0 Å². The number of carbonyl (C=O) groups is 1. The van der Waals surface area contributed by atoms with Crippen molar-refractivity contribution in [1.82, 2.24) is 0 Å². The lowest BCUT2D eigenvalue weighted by molar-refractivity contribution is 0.0563. The van der Waals surface area contributed by atoms with Crippen LogP contribution in [-0.2, 0) is 11.3 Å². The summed E-state index contributed by atoms with van der Waals surface area (Å²) in [7, 11) is 1.22. The molecule has 0 aliphatic rings. The highest BCUT2D eigenvalue weighted by Gasteiger charge is 2.17. The Morgan fingerprint density at radius 1 is 1.35 bits per heavy atom. The van der Waals surface area contributed by atoms with E-state index in [1.54, 1.807) is 0 Å². The number of methoxy groups -OCH3 is 1. The number of furan rings is 1. The smallest absolute Gasteiger partial charge is 0.374 e. The molecule has 2 rings (SSSR count). The average Bonchev–Trinajstić information content (AvgIpc) is 2.90. The van der Waals surface area contributed by atoms with Gasteiger partial charge in [-0.05, 0) is 24.6 Å². The van der Waals surface area contributed by atoms with Gasteiger partial charge in [0.05, 0.1) is 13.4 Å². The maximum atomic E-state index is 13.8. The summed E-state index contributed by atoms with van der Waals surface area (Å²) >= 11 is 0. The van der Waals surface area contributed by atoms with Crippen LogP contribution in [0.1, 0.15) is 21.7 Å². The van der Waals surface area contributed by atoms with Crippen LogP contribution in [0.3, 0.4) is 0 Å². The van der Waals surface area contributed by atoms with Crippen LogP contribution in [0.25, 0.3) is 0 Å². The lowest BCUT2D eigenvalue weighted by atomic mass is 10.2. The Morgan fingerprint density at radius 2 is 2.10 bits per heavy atom. The molecule has 0 atom stereocenters. The van der Waals surface area contributed by atoms with Crippen LogP contribution in [0.5, 0.6) is 0 Å². The molecule has 20 heavy (non-hydrogen) atoms. The molecule has 0 fully saturated rings. The van der Waals surface area contributed by atoms with Gasteiger partial charge in [-0.25, -0.2) is 13.6 Å². The number of esters is 1. The number of anilines is 1. The first-order valence-corrected chi connectivity index (χ1v) is 5.87. The molecular weight excluding hydrogens is 268 g/mol. The maximum absolute atomic E-state index is 13.8. The van der Waals surface area contributed by atoms with Crippen molar-refractivity contribution in [1.29, 1.82) is 0 Å². The third-order valence-electron chi connectivity index (χ3n) is 2.86. The predicted octanol–water partition coefficient (Wildman–Crippen LogP) is 3.26. The van der Waals surface area contributed by atoms with Gasteiger partial charge in [-0.3, -0.25) is 0 Å². The number of halogens is 2. The molecule has 0 bridgehead atoms. The van der Waals surface area contributed by atoms with Crippen LogP contribution >= 0.6 is 0 Å². The molecule has 2 aromatic rings. The fraction of sp³-hybridized carbons (Fsp3) is 0.214. The lowest BCUT2D eigenvalue weighted by Gasteiger charge is -2.10. The van der Waals surface area contributed by atoms with Gasteiger partial charge in [-0.1, -0.05) is 6.07 Å². The average molecular weight is 281 g/mol. The van der Waals surface area contributed by atoms with E-state index in [-0.39, 0.29) is 18.0 Å². The highest BCUT2D eigenvalue weighted by molar-refractivity contribution is 5.87. The summed E-state index contributed by atoms with van der Waals surface area (Å²) in [4.78, 5) is 11.4. The number of hydrogen-bond donors (Lipinski definition) is 1. The number of rotatable bonds is 4. The number of carbonyl (C=O) groups excluding carboxylic acids is 1. The Labute approximate surface area is 114 Å². The molecule has 6 heteroatoms. The molecular formula is C14H13F2NO3. The highest BCUT2D eigenvalue weighted by atomic mass is 19.1. The van der Waals surface area contributed by atoms with Gasteiger partial charge in [0.1, 0.15) is 11.5 Å². The van der Waals surface area contributed by atoms with E-state index in [2.05, 4.69) is 10.1 Å². The molecule has 1 heterocycles. The quantitative estimate of drug-likeness (QED) is 0.874. The Kier molecular flexibility index (Phi) is 4.02. The van der Waals surface area contributed by atoms with E-state index in [0.717, 1.165) is 0 Å². The molecule has 0 aliphatic carbocycles. The Hall–Kier alpha value is -2.37. The third kappa shape index (κ3) is 2.64. The molecule has 1 N–H and O–H groups in total. The second-order valence-electron chi connectivity index (χ2n) is 4.17. The zero-order chi connectivity index (χ0) is 14.7. The first kappa shape index (κ1) is 14.0. The van der Waals surface area contributed by atoms with E-state index in [1.807, 2.05) is 0 Å². The monoisotopic (exact) mass is 281 g/mol. The van der Waals surface area contributed by atoms with Crippen molar-refractivity contribution >= 4 is 11.7 Å². The van der Waals surface area contributed by atoms with Gasteiger partial charge in [0, 0.05) is 12.1 Å². The summed E-state index contributed by atoms with van der Waals surface area (Å²) in [5, 5.41) is 2.63. The SMILES string of the molecule is COC(=O)c1occc1CNc1c(F)ccc(C)c1F. The zero-order valence-corrected chi connectivity index (χ0v) is 11.0. The van der Waals surface area contributed by atoms with E-state index >= 15 is 0 Å². The normalized spacial score (nSPS) is 10.4. The number of aryl methyl sites for hydroxylation is 1. The van der Waals surface area contributed by atoms with Crippen LogP contribution < -0.4 is 5.32 Å². The minimum atomic E-state index is -0.698. The van der Waals surface area contributed by atoms with E-state index in [0.29, 0.717) is 11.1 Å². The second kappa shape index (κ2) is 5.73. The van der Waals surface area contributed by atoms with Crippen molar-refractivity contribution in [2.24, 2.45) is 0 Å². The fourth-order valence-corrected chi connectivity index (χ4v) is 1.75. The molecule has 4 nitrogen and oxygen atoms in total. The number of ether oxygens (including phenoxy) is 1. The van der Waals surface area contributed by atoms with E-state index in [9.17, 15) is 13.6 Å². The van der Waals surface area contributed by atoms with E-state index in [1.165, 1.54) is 38.5 Å². The minimum absolute atomic E-state index is 0.00784. The standard InChI is InChI=1S/C14H13F2NO3/c1-8-3-4-10(15)12(11(8)16)17-7-9-5-6-20-13(9)14(18)19-2/h3-6,17H,7H2,1-2H3. The molecule has 0 spiro atoms. The molecule has 0 radical (unpaired) electrons. The Morgan fingerprint density at radius 3 is 2.80 bits per heavy atom. The van der Waals surface area contributed by atoms with Crippen LogP contribution in [0, 0.1) is 18.6 Å². The summed E-state index contributed by atoms with van der Waals surface area (Å²) in [6, 6.07) is 4.07. The van der Waals surface area contributed by atoms with Crippen molar-refractivity contribution in [2.45, 2.75) is 13.5 Å². The minimum Gasteiger partial charge on any atom is -0.463 e. The van der Waals surface area contributed by atoms with Crippen molar-refractivity contribution in [2.75, 3.05) is 12.4 Å². The van der Waals surface area contributed by atoms with E-state index < -0.39 is 17.6 Å². The predicted molar refractivity (Wildman–Crippen MR) is 68.5 cm³/mol. The van der Waals surface area contributed by atoms with Crippen molar-refractivity contribution in [3.05, 3.63) is 53.0 Å². The number of hydrogen-bond acceptors (Lipinski definition) is 4. The lowest BCUT2D eigenvalue weighted by Crippen LogP contribution is -2.09. The number of benzene rings is 1. The van der Waals surface area contributed by atoms with Crippen LogP contribution in [0.15, 0.2) is 28.9 Å². The topological polar surface area (TPSA) is 51.5 Å². The fourth-order valence-electron chi connectivity index (χ4n) is 1.75. The largest absolute Gasteiger partial charge is 0.463 e. The van der Waals surface area contributed by atoms with Crippen LogP contribution in [-0.4, -0.2) is 13.1 Å². The van der Waals surface area contributed by atoms with Crippen molar-refractivity contribution in [3.63, 3.8) is 0 Å². The van der Waals surface area contributed by atoms with Crippen molar-refractivity contribution < 1.29 is 22.7 Å². The molecule has 106 valence electrons. The molecule has 0 saturated carbocycles. The third-order valence-corrected chi connectivity index (χ3v) is 2.86. The van der Waals surface area contributed by atoms with Gasteiger partial charge in [0.2, 0.25) is 5.76 Å². The number of nitrogens with one attached hydrogen (secondary N) is 1. The van der Waals surface area contributed by atoms with Gasteiger partial charge in [0.25, 0.3) is 0 Å². The van der Waals surface area contributed by atoms with Crippen molar-refractivity contribution in [3.8, 4) is 0 Å². The Bertz CT molecular complexity index is 637. The van der Waals surface area contributed by atoms with Crippen LogP contribution in [0.4, 0.5) is 14.5 Å². The molecule has 1 aromatic carbocycles. The zero-order valence-electron chi connectivity index (χ0n) is 11.0. The summed E-state index contributed by atoms with van der Waals surface area (Å²) in [5.74, 6) is -1.99. The summed E-state index contributed by atoms with van der Waals surface area (Å²) in [5.41, 5.74) is 0.549. The summed E-state index contributed by atoms with van der Waals surface area (Å²) < 4.78 is 36.9. The first-order valence-electron chi connectivity index (χ1n) is 5.87. The molecule has 1 aromatic heterocycles. The molecule has 0 amide bonds. The molecule has 0 saturated heterocycles. The summed E-state index contributed by atoms with van der Waals surface area (Å²) in [6.07, 6.45) is 1.31. The first-order chi connectivity index (χ1) is 9.54.